The van der Waals surface area contributed by atoms with E-state index in [-0.39, 0.29) is 11.5 Å². The maximum atomic E-state index is 5.89. The van der Waals surface area contributed by atoms with E-state index in [9.17, 15) is 0 Å². The number of benzene rings is 1. The fourth-order valence-electron chi connectivity index (χ4n) is 2.06. The quantitative estimate of drug-likeness (QED) is 0.763. The molecular weight excluding hydrogens is 186 g/mol. The molecule has 1 aromatic rings. The first-order chi connectivity index (χ1) is 7.02. The number of nitrogens with two attached hydrogens (primary N) is 1. The first kappa shape index (κ1) is 10.5. The second kappa shape index (κ2) is 3.53. The molecule has 0 bridgehead atoms. The maximum absolute atomic E-state index is 5.89. The van der Waals surface area contributed by atoms with Crippen LogP contribution in [0.4, 0.5) is 0 Å². The Kier molecular flexibility index (Phi) is 2.47. The first-order valence-corrected chi connectivity index (χ1v) is 5.51. The molecule has 1 aliphatic rings. The largest absolute Gasteiger partial charge is 0.488 e. The SMILES string of the molecule is CC(C)(C)c1cccc2c1O[C@@H](CN)C2. The summed E-state index contributed by atoms with van der Waals surface area (Å²) in [6, 6.07) is 6.40. The van der Waals surface area contributed by atoms with Crippen molar-refractivity contribution in [3.05, 3.63) is 29.3 Å². The van der Waals surface area contributed by atoms with Crippen molar-refractivity contribution in [1.82, 2.24) is 0 Å². The number of hydrogen-bond acceptors (Lipinski definition) is 2. The van der Waals surface area contributed by atoms with E-state index in [0.717, 1.165) is 12.2 Å². The third-order valence-electron chi connectivity index (χ3n) is 2.90. The number of rotatable bonds is 1. The Morgan fingerprint density at radius 1 is 1.40 bits per heavy atom. The zero-order chi connectivity index (χ0) is 11.1. The minimum Gasteiger partial charge on any atom is -0.488 e. The lowest BCUT2D eigenvalue weighted by Gasteiger charge is -2.22. The predicted octanol–water partition coefficient (Wildman–Crippen LogP) is 2.25. The van der Waals surface area contributed by atoms with E-state index in [1.165, 1.54) is 11.1 Å². The van der Waals surface area contributed by atoms with E-state index in [2.05, 4.69) is 39.0 Å². The third kappa shape index (κ3) is 1.86. The molecule has 0 aliphatic carbocycles. The van der Waals surface area contributed by atoms with E-state index in [1.807, 2.05) is 0 Å². The van der Waals surface area contributed by atoms with E-state index < -0.39 is 0 Å². The van der Waals surface area contributed by atoms with Crippen molar-refractivity contribution in [2.45, 2.75) is 38.7 Å². The van der Waals surface area contributed by atoms with Crippen molar-refractivity contribution < 1.29 is 4.74 Å². The topological polar surface area (TPSA) is 35.2 Å². The van der Waals surface area contributed by atoms with Crippen molar-refractivity contribution >= 4 is 0 Å². The summed E-state index contributed by atoms with van der Waals surface area (Å²) in [4.78, 5) is 0. The Labute approximate surface area is 91.4 Å². The average Bonchev–Trinajstić information content (AvgIpc) is 2.57. The third-order valence-corrected chi connectivity index (χ3v) is 2.90. The summed E-state index contributed by atoms with van der Waals surface area (Å²) >= 11 is 0. The molecule has 0 saturated heterocycles. The van der Waals surface area contributed by atoms with Gasteiger partial charge in [-0.2, -0.15) is 0 Å². The lowest BCUT2D eigenvalue weighted by molar-refractivity contribution is 0.237. The number of hydrogen-bond donors (Lipinski definition) is 1. The van der Waals surface area contributed by atoms with Crippen LogP contribution >= 0.6 is 0 Å². The second-order valence-corrected chi connectivity index (χ2v) is 5.22. The van der Waals surface area contributed by atoms with Crippen molar-refractivity contribution in [1.29, 1.82) is 0 Å². The molecule has 1 heterocycles. The summed E-state index contributed by atoms with van der Waals surface area (Å²) < 4.78 is 5.89. The Hall–Kier alpha value is -1.02. The van der Waals surface area contributed by atoms with Crippen LogP contribution in [0.25, 0.3) is 0 Å². The van der Waals surface area contributed by atoms with E-state index in [4.69, 9.17) is 10.5 Å². The molecule has 82 valence electrons. The lowest BCUT2D eigenvalue weighted by atomic mass is 9.85. The molecule has 0 unspecified atom stereocenters. The standard InChI is InChI=1S/C13H19NO/c1-13(2,3)11-6-4-5-9-7-10(8-14)15-12(9)11/h4-6,10H,7-8,14H2,1-3H3/t10-/m1/s1. The van der Waals surface area contributed by atoms with Crippen molar-refractivity contribution in [3.63, 3.8) is 0 Å². The summed E-state index contributed by atoms with van der Waals surface area (Å²) in [5, 5.41) is 0. The van der Waals surface area contributed by atoms with Crippen LogP contribution in [0.3, 0.4) is 0 Å². The Morgan fingerprint density at radius 2 is 2.13 bits per heavy atom. The van der Waals surface area contributed by atoms with Gasteiger partial charge in [0.1, 0.15) is 11.9 Å². The Bertz CT molecular complexity index is 365. The van der Waals surface area contributed by atoms with Gasteiger partial charge in [0.05, 0.1) is 0 Å². The van der Waals surface area contributed by atoms with E-state index in [0.29, 0.717) is 6.54 Å². The molecule has 0 saturated carbocycles. The van der Waals surface area contributed by atoms with E-state index in [1.54, 1.807) is 0 Å². The molecule has 1 atom stereocenters. The van der Waals surface area contributed by atoms with Gasteiger partial charge in [0.25, 0.3) is 0 Å². The van der Waals surface area contributed by atoms with Gasteiger partial charge in [0, 0.05) is 13.0 Å². The summed E-state index contributed by atoms with van der Waals surface area (Å²) in [5.41, 5.74) is 8.37. The zero-order valence-electron chi connectivity index (χ0n) is 9.71. The van der Waals surface area contributed by atoms with Gasteiger partial charge < -0.3 is 10.5 Å². The molecule has 0 fully saturated rings. The minimum atomic E-state index is 0.134. The van der Waals surface area contributed by atoms with Gasteiger partial charge in [0.15, 0.2) is 0 Å². The summed E-state index contributed by atoms with van der Waals surface area (Å²) in [5.74, 6) is 1.07. The highest BCUT2D eigenvalue weighted by Crippen LogP contribution is 2.38. The van der Waals surface area contributed by atoms with Crippen molar-refractivity contribution in [2.24, 2.45) is 5.73 Å². The van der Waals surface area contributed by atoms with Crippen LogP contribution in [-0.4, -0.2) is 12.6 Å². The molecule has 0 aromatic heterocycles. The predicted molar refractivity (Wildman–Crippen MR) is 62.3 cm³/mol. The average molecular weight is 205 g/mol. The molecule has 2 N–H and O–H groups in total. The second-order valence-electron chi connectivity index (χ2n) is 5.22. The highest BCUT2D eigenvalue weighted by Gasteiger charge is 2.28. The van der Waals surface area contributed by atoms with Crippen molar-refractivity contribution in [2.75, 3.05) is 6.54 Å². The van der Waals surface area contributed by atoms with Crippen LogP contribution in [0.2, 0.25) is 0 Å². The number of fused-ring (bicyclic) bond motifs is 1. The van der Waals surface area contributed by atoms with Gasteiger partial charge in [-0.25, -0.2) is 0 Å². The Morgan fingerprint density at radius 3 is 2.73 bits per heavy atom. The van der Waals surface area contributed by atoms with Crippen LogP contribution in [0.5, 0.6) is 5.75 Å². The highest BCUT2D eigenvalue weighted by molar-refractivity contribution is 5.47. The molecule has 0 radical (unpaired) electrons. The van der Waals surface area contributed by atoms with Crippen LogP contribution in [0.15, 0.2) is 18.2 Å². The molecule has 2 nitrogen and oxygen atoms in total. The van der Waals surface area contributed by atoms with Crippen LogP contribution in [0, 0.1) is 0 Å². The molecule has 15 heavy (non-hydrogen) atoms. The monoisotopic (exact) mass is 205 g/mol. The Balaban J connectivity index is 2.42. The smallest absolute Gasteiger partial charge is 0.126 e. The van der Waals surface area contributed by atoms with E-state index >= 15 is 0 Å². The molecule has 2 rings (SSSR count). The molecule has 1 aromatic carbocycles. The van der Waals surface area contributed by atoms with Gasteiger partial charge in [-0.15, -0.1) is 0 Å². The van der Waals surface area contributed by atoms with Gasteiger partial charge in [0.2, 0.25) is 0 Å². The van der Waals surface area contributed by atoms with Gasteiger partial charge in [-0.05, 0) is 16.5 Å². The van der Waals surface area contributed by atoms with Crippen molar-refractivity contribution in [3.8, 4) is 5.75 Å². The number of ether oxygens (including phenoxy) is 1. The lowest BCUT2D eigenvalue weighted by Crippen LogP contribution is -2.24. The fourth-order valence-corrected chi connectivity index (χ4v) is 2.06. The van der Waals surface area contributed by atoms with Gasteiger partial charge >= 0.3 is 0 Å². The molecular formula is C13H19NO. The fraction of sp³-hybridized carbons (Fsp3) is 0.538. The highest BCUT2D eigenvalue weighted by atomic mass is 16.5. The van der Waals surface area contributed by atoms with Crippen LogP contribution < -0.4 is 10.5 Å². The van der Waals surface area contributed by atoms with Crippen LogP contribution in [-0.2, 0) is 11.8 Å². The minimum absolute atomic E-state index is 0.134. The summed E-state index contributed by atoms with van der Waals surface area (Å²) in [6.45, 7) is 7.23. The molecule has 0 amide bonds. The summed E-state index contributed by atoms with van der Waals surface area (Å²) in [7, 11) is 0. The first-order valence-electron chi connectivity index (χ1n) is 5.51. The van der Waals surface area contributed by atoms with Gasteiger partial charge in [-0.1, -0.05) is 39.0 Å². The van der Waals surface area contributed by atoms with Gasteiger partial charge in [-0.3, -0.25) is 0 Å². The number of para-hydroxylation sites is 1. The molecule has 1 aliphatic heterocycles. The summed E-state index contributed by atoms with van der Waals surface area (Å²) in [6.07, 6.45) is 1.12. The molecule has 2 heteroatoms. The maximum Gasteiger partial charge on any atom is 0.126 e. The van der Waals surface area contributed by atoms with Crippen LogP contribution in [0.1, 0.15) is 31.9 Å². The normalized spacial score (nSPS) is 19.9. The molecule has 0 spiro atoms. The zero-order valence-corrected chi connectivity index (χ0v) is 9.71.